The molecule has 1 aromatic heterocycles. The zero-order chi connectivity index (χ0) is 20.7. The van der Waals surface area contributed by atoms with Gasteiger partial charge in [-0.1, -0.05) is 54.6 Å². The van der Waals surface area contributed by atoms with Crippen molar-refractivity contribution >= 4 is 0 Å². The first-order valence-corrected chi connectivity index (χ1v) is 9.80. The quantitative estimate of drug-likeness (QED) is 0.419. The maximum atomic E-state index is 10.3. The maximum Gasteiger partial charge on any atom is 0.194 e. The van der Waals surface area contributed by atoms with Crippen LogP contribution in [0.1, 0.15) is 36.0 Å². The summed E-state index contributed by atoms with van der Waals surface area (Å²) in [5, 5.41) is 28.9. The molecule has 0 saturated heterocycles. The second kappa shape index (κ2) is 9.80. The van der Waals surface area contributed by atoms with E-state index in [1.54, 1.807) is 6.26 Å². The van der Waals surface area contributed by atoms with Crippen molar-refractivity contribution < 1.29 is 19.7 Å². The van der Waals surface area contributed by atoms with Crippen LogP contribution in [0, 0.1) is 0 Å². The summed E-state index contributed by atoms with van der Waals surface area (Å²) in [7, 11) is 0. The van der Waals surface area contributed by atoms with Crippen molar-refractivity contribution in [2.24, 2.45) is 5.73 Å². The van der Waals surface area contributed by atoms with E-state index in [-0.39, 0.29) is 19.6 Å². The van der Waals surface area contributed by atoms with E-state index in [9.17, 15) is 15.3 Å². The number of aliphatic hydroxyl groups is 3. The maximum absolute atomic E-state index is 10.3. The van der Waals surface area contributed by atoms with Gasteiger partial charge >= 0.3 is 0 Å². The molecular formula is C23H28N2O4. The molecule has 0 aliphatic rings. The Bertz CT molecular complexity index is 873. The third-order valence-electron chi connectivity index (χ3n) is 5.07. The first kappa shape index (κ1) is 21.2. The van der Waals surface area contributed by atoms with Crippen LogP contribution in [0.3, 0.4) is 0 Å². The summed E-state index contributed by atoms with van der Waals surface area (Å²) in [6.07, 6.45) is 3.46. The molecule has 2 aromatic carbocycles. The SMILES string of the molecule is NC(CO)(CO)CC(O)c1ccc(CCCc2nc(-c3ccccc3)co2)cc1. The average Bonchev–Trinajstić information content (AvgIpc) is 3.23. The van der Waals surface area contributed by atoms with Crippen molar-refractivity contribution in [2.45, 2.75) is 37.3 Å². The molecule has 29 heavy (non-hydrogen) atoms. The lowest BCUT2D eigenvalue weighted by atomic mass is 9.91. The molecule has 0 aliphatic carbocycles. The van der Waals surface area contributed by atoms with Crippen LogP contribution < -0.4 is 5.73 Å². The molecule has 3 aromatic rings. The minimum Gasteiger partial charge on any atom is -0.448 e. The minimum absolute atomic E-state index is 0.0905. The Morgan fingerprint density at radius 3 is 2.31 bits per heavy atom. The molecule has 5 N–H and O–H groups in total. The van der Waals surface area contributed by atoms with Gasteiger partial charge in [0, 0.05) is 12.0 Å². The highest BCUT2D eigenvalue weighted by atomic mass is 16.3. The second-order valence-electron chi connectivity index (χ2n) is 7.49. The highest BCUT2D eigenvalue weighted by Crippen LogP contribution is 2.23. The van der Waals surface area contributed by atoms with E-state index in [0.29, 0.717) is 5.56 Å². The van der Waals surface area contributed by atoms with Crippen LogP contribution in [-0.4, -0.2) is 39.1 Å². The van der Waals surface area contributed by atoms with Gasteiger partial charge in [0.15, 0.2) is 5.89 Å². The first-order chi connectivity index (χ1) is 14.0. The first-order valence-electron chi connectivity index (χ1n) is 9.80. The molecule has 0 radical (unpaired) electrons. The fourth-order valence-corrected chi connectivity index (χ4v) is 3.20. The Morgan fingerprint density at radius 1 is 0.966 bits per heavy atom. The minimum atomic E-state index is -1.19. The number of aryl methyl sites for hydroxylation is 2. The lowest BCUT2D eigenvalue weighted by molar-refractivity contribution is 0.0618. The van der Waals surface area contributed by atoms with Crippen LogP contribution in [0.5, 0.6) is 0 Å². The van der Waals surface area contributed by atoms with Gasteiger partial charge in [-0.05, 0) is 30.4 Å². The zero-order valence-electron chi connectivity index (χ0n) is 16.4. The van der Waals surface area contributed by atoms with Gasteiger partial charge in [0.2, 0.25) is 0 Å². The van der Waals surface area contributed by atoms with Crippen LogP contribution in [-0.2, 0) is 12.8 Å². The summed E-state index contributed by atoms with van der Waals surface area (Å²) in [5.74, 6) is 0.725. The van der Waals surface area contributed by atoms with Crippen molar-refractivity contribution in [3.63, 3.8) is 0 Å². The molecule has 0 aliphatic heterocycles. The molecule has 0 amide bonds. The monoisotopic (exact) mass is 396 g/mol. The third-order valence-corrected chi connectivity index (χ3v) is 5.07. The fraction of sp³-hybridized carbons (Fsp3) is 0.348. The van der Waals surface area contributed by atoms with Crippen molar-refractivity contribution in [3.05, 3.63) is 77.9 Å². The lowest BCUT2D eigenvalue weighted by Gasteiger charge is -2.27. The highest BCUT2D eigenvalue weighted by molar-refractivity contribution is 5.57. The summed E-state index contributed by atoms with van der Waals surface area (Å²) >= 11 is 0. The molecule has 0 saturated carbocycles. The zero-order valence-corrected chi connectivity index (χ0v) is 16.4. The topological polar surface area (TPSA) is 113 Å². The van der Waals surface area contributed by atoms with E-state index in [1.165, 1.54) is 0 Å². The highest BCUT2D eigenvalue weighted by Gasteiger charge is 2.27. The van der Waals surface area contributed by atoms with Crippen LogP contribution >= 0.6 is 0 Å². The van der Waals surface area contributed by atoms with E-state index in [0.717, 1.165) is 42.0 Å². The smallest absolute Gasteiger partial charge is 0.194 e. The Balaban J connectivity index is 1.50. The molecule has 6 heteroatoms. The summed E-state index contributed by atoms with van der Waals surface area (Å²) in [6, 6.07) is 17.6. The summed E-state index contributed by atoms with van der Waals surface area (Å²) in [5.41, 5.74) is 8.42. The van der Waals surface area contributed by atoms with Gasteiger partial charge in [-0.25, -0.2) is 4.98 Å². The van der Waals surface area contributed by atoms with Gasteiger partial charge in [-0.3, -0.25) is 0 Å². The molecule has 6 nitrogen and oxygen atoms in total. The molecule has 3 rings (SSSR count). The normalized spacial score (nSPS) is 12.8. The van der Waals surface area contributed by atoms with Crippen LogP contribution in [0.4, 0.5) is 0 Å². The predicted octanol–water partition coefficient (Wildman–Crippen LogP) is 2.62. The third kappa shape index (κ3) is 5.74. The largest absolute Gasteiger partial charge is 0.448 e. The molecule has 1 atom stereocenters. The number of nitrogens with two attached hydrogens (primary N) is 1. The van der Waals surface area contributed by atoms with E-state index in [1.807, 2.05) is 54.6 Å². The number of nitrogens with zero attached hydrogens (tertiary/aromatic N) is 1. The van der Waals surface area contributed by atoms with Gasteiger partial charge in [0.05, 0.1) is 24.9 Å². The molecule has 0 spiro atoms. The van der Waals surface area contributed by atoms with Gasteiger partial charge in [0.25, 0.3) is 0 Å². The van der Waals surface area contributed by atoms with Crippen molar-refractivity contribution in [1.29, 1.82) is 0 Å². The number of aromatic nitrogens is 1. The Kier molecular flexibility index (Phi) is 7.17. The molecule has 0 bridgehead atoms. The van der Waals surface area contributed by atoms with E-state index in [2.05, 4.69) is 4.98 Å². The van der Waals surface area contributed by atoms with Crippen molar-refractivity contribution in [1.82, 2.24) is 4.98 Å². The van der Waals surface area contributed by atoms with E-state index < -0.39 is 11.6 Å². The van der Waals surface area contributed by atoms with Gasteiger partial charge in [0.1, 0.15) is 12.0 Å². The van der Waals surface area contributed by atoms with Crippen LogP contribution in [0.15, 0.2) is 65.3 Å². The number of hydrogen-bond donors (Lipinski definition) is 4. The van der Waals surface area contributed by atoms with Crippen LogP contribution in [0.2, 0.25) is 0 Å². The molecule has 154 valence electrons. The van der Waals surface area contributed by atoms with E-state index >= 15 is 0 Å². The van der Waals surface area contributed by atoms with Gasteiger partial charge in [-0.2, -0.15) is 0 Å². The molecule has 1 unspecified atom stereocenters. The Labute approximate surface area is 170 Å². The number of rotatable bonds is 10. The summed E-state index contributed by atoms with van der Waals surface area (Å²) in [6.45, 7) is -0.767. The fourth-order valence-electron chi connectivity index (χ4n) is 3.20. The summed E-state index contributed by atoms with van der Waals surface area (Å²) < 4.78 is 5.58. The van der Waals surface area contributed by atoms with E-state index in [4.69, 9.17) is 10.2 Å². The Morgan fingerprint density at radius 2 is 1.66 bits per heavy atom. The number of benzene rings is 2. The predicted molar refractivity (Wildman–Crippen MR) is 111 cm³/mol. The standard InChI is InChI=1S/C23H28N2O4/c24-23(15-26,16-27)13-21(28)19-11-9-17(10-12-19)5-4-8-22-25-20(14-29-22)18-6-2-1-3-7-18/h1-3,6-7,9-12,14,21,26-28H,4-5,8,13,15-16,24H2. The molecular weight excluding hydrogens is 368 g/mol. The molecule has 1 heterocycles. The van der Waals surface area contributed by atoms with Gasteiger partial charge in [-0.15, -0.1) is 0 Å². The van der Waals surface area contributed by atoms with Crippen molar-refractivity contribution in [2.75, 3.05) is 13.2 Å². The number of oxazole rings is 1. The number of aliphatic hydroxyl groups excluding tert-OH is 3. The van der Waals surface area contributed by atoms with Crippen molar-refractivity contribution in [3.8, 4) is 11.3 Å². The molecule has 0 fully saturated rings. The second-order valence-corrected chi connectivity index (χ2v) is 7.49. The lowest BCUT2D eigenvalue weighted by Crippen LogP contribution is -2.48. The van der Waals surface area contributed by atoms with Crippen LogP contribution in [0.25, 0.3) is 11.3 Å². The average molecular weight is 396 g/mol. The Hall–Kier alpha value is -2.51. The van der Waals surface area contributed by atoms with Gasteiger partial charge < -0.3 is 25.5 Å². The number of hydrogen-bond acceptors (Lipinski definition) is 6. The summed E-state index contributed by atoms with van der Waals surface area (Å²) in [4.78, 5) is 4.55.